The molecule has 0 aromatic heterocycles. The van der Waals surface area contributed by atoms with Gasteiger partial charge in [-0.25, -0.2) is 0 Å². The molecule has 0 amide bonds. The van der Waals surface area contributed by atoms with Crippen molar-refractivity contribution in [3.05, 3.63) is 146 Å². The fraction of sp³-hybridized carbons (Fsp3) is 0. The SMILES string of the molecule is C=Cc1cccc(-c2c3ccccc3c(-c3ccccccccc3)c3ccccc23)c1C=C. The van der Waals surface area contributed by atoms with E-state index in [1.54, 1.807) is 0 Å². The van der Waals surface area contributed by atoms with E-state index in [1.165, 1.54) is 43.8 Å². The molecule has 0 unspecified atom stereocenters. The lowest BCUT2D eigenvalue weighted by Crippen LogP contribution is -1.93. The van der Waals surface area contributed by atoms with Crippen LogP contribution in [0.3, 0.4) is 0 Å². The summed E-state index contributed by atoms with van der Waals surface area (Å²) in [7, 11) is 0. The first kappa shape index (κ1) is 21.4. The van der Waals surface area contributed by atoms with Crippen molar-refractivity contribution in [2.24, 2.45) is 0 Å². The zero-order valence-corrected chi connectivity index (χ0v) is 19.1. The molecule has 0 nitrogen and oxygen atoms in total. The molecule has 162 valence electrons. The monoisotopic (exact) mass is 434 g/mol. The second kappa shape index (κ2) is 9.60. The van der Waals surface area contributed by atoms with E-state index in [1.807, 2.05) is 30.4 Å². The highest BCUT2D eigenvalue weighted by atomic mass is 14.2. The Morgan fingerprint density at radius 3 is 1.38 bits per heavy atom. The highest BCUT2D eigenvalue weighted by Gasteiger charge is 2.17. The van der Waals surface area contributed by atoms with Crippen LogP contribution < -0.4 is 0 Å². The minimum Gasteiger partial charge on any atom is -0.0984 e. The van der Waals surface area contributed by atoms with Gasteiger partial charge in [0, 0.05) is 0 Å². The van der Waals surface area contributed by atoms with Crippen molar-refractivity contribution in [3.63, 3.8) is 0 Å². The summed E-state index contributed by atoms with van der Waals surface area (Å²) in [6.45, 7) is 8.15. The number of hydrogen-bond acceptors (Lipinski definition) is 0. The molecule has 0 aliphatic heterocycles. The third-order valence-electron chi connectivity index (χ3n) is 6.27. The second-order valence-electron chi connectivity index (χ2n) is 8.19. The third-order valence-corrected chi connectivity index (χ3v) is 6.27. The molecule has 34 heavy (non-hydrogen) atoms. The third kappa shape index (κ3) is 3.80. The molecule has 0 atom stereocenters. The van der Waals surface area contributed by atoms with Crippen LogP contribution in [0.15, 0.2) is 134 Å². The molecule has 0 saturated heterocycles. The van der Waals surface area contributed by atoms with Crippen LogP contribution in [0.5, 0.6) is 0 Å². The van der Waals surface area contributed by atoms with Crippen molar-refractivity contribution in [2.45, 2.75) is 0 Å². The van der Waals surface area contributed by atoms with Crippen LogP contribution in [0.4, 0.5) is 0 Å². The zero-order chi connectivity index (χ0) is 23.3. The van der Waals surface area contributed by atoms with Gasteiger partial charge in [-0.2, -0.15) is 0 Å². The summed E-state index contributed by atoms with van der Waals surface area (Å²) in [5.41, 5.74) is 7.03. The molecule has 0 spiro atoms. The van der Waals surface area contributed by atoms with E-state index in [-0.39, 0.29) is 0 Å². The highest BCUT2D eigenvalue weighted by Crippen LogP contribution is 2.44. The smallest absolute Gasteiger partial charge is 0.00201 e. The molecule has 0 radical (unpaired) electrons. The average Bonchev–Trinajstić information content (AvgIpc) is 2.89. The molecule has 0 saturated carbocycles. The number of rotatable bonds is 4. The van der Waals surface area contributed by atoms with Crippen molar-refractivity contribution >= 4 is 33.7 Å². The van der Waals surface area contributed by atoms with Gasteiger partial charge in [0.2, 0.25) is 0 Å². The largest absolute Gasteiger partial charge is 0.0984 e. The highest BCUT2D eigenvalue weighted by molar-refractivity contribution is 6.21. The van der Waals surface area contributed by atoms with Gasteiger partial charge < -0.3 is 0 Å². The molecule has 0 fully saturated rings. The van der Waals surface area contributed by atoms with Gasteiger partial charge >= 0.3 is 0 Å². The Morgan fingerprint density at radius 1 is 0.412 bits per heavy atom. The van der Waals surface area contributed by atoms with Crippen LogP contribution in [-0.4, -0.2) is 0 Å². The summed E-state index contributed by atoms with van der Waals surface area (Å²) in [5.74, 6) is 0. The predicted octanol–water partition coefficient (Wildman–Crippen LogP) is 9.74. The van der Waals surface area contributed by atoms with Crippen LogP contribution in [0.2, 0.25) is 0 Å². The first-order valence-corrected chi connectivity index (χ1v) is 11.5. The predicted molar refractivity (Wildman–Crippen MR) is 150 cm³/mol. The molecule has 0 heterocycles. The number of hydrogen-bond donors (Lipinski definition) is 0. The molecular weight excluding hydrogens is 408 g/mol. The number of benzene rings is 4. The van der Waals surface area contributed by atoms with Gasteiger partial charge in [0.1, 0.15) is 0 Å². The Kier molecular flexibility index (Phi) is 6.05. The first-order chi connectivity index (χ1) is 16.8. The Hall–Kier alpha value is -4.42. The van der Waals surface area contributed by atoms with Crippen LogP contribution in [0.1, 0.15) is 11.1 Å². The Labute approximate surface area is 201 Å². The minimum atomic E-state index is 1.09. The standard InChI is InChI=1S/C34H26/c1-3-25-19-16-24-28(27(25)4-2)34-31-22-14-12-20-29(31)33(30-21-13-15-23-32(30)34)26-17-10-8-6-5-7-9-11-18-26/h3-24H,1-2H2. The van der Waals surface area contributed by atoms with E-state index in [9.17, 15) is 0 Å². The Bertz CT molecular complexity index is 1500. The fourth-order valence-electron chi connectivity index (χ4n) is 4.80. The van der Waals surface area contributed by atoms with Crippen LogP contribution in [0, 0.1) is 0 Å². The van der Waals surface area contributed by atoms with Gasteiger partial charge in [0.15, 0.2) is 0 Å². The van der Waals surface area contributed by atoms with Crippen molar-refractivity contribution in [2.75, 3.05) is 0 Å². The first-order valence-electron chi connectivity index (χ1n) is 11.5. The lowest BCUT2D eigenvalue weighted by atomic mass is 9.84. The average molecular weight is 435 g/mol. The fourth-order valence-corrected chi connectivity index (χ4v) is 4.80. The van der Waals surface area contributed by atoms with Crippen molar-refractivity contribution in [1.29, 1.82) is 0 Å². The molecular formula is C34H26. The van der Waals surface area contributed by atoms with E-state index in [0.717, 1.165) is 11.1 Å². The Morgan fingerprint density at radius 2 is 0.882 bits per heavy atom. The normalized spacial score (nSPS) is 10.6. The van der Waals surface area contributed by atoms with E-state index in [4.69, 9.17) is 0 Å². The minimum absolute atomic E-state index is 1.09. The van der Waals surface area contributed by atoms with Gasteiger partial charge in [0.25, 0.3) is 0 Å². The van der Waals surface area contributed by atoms with Crippen LogP contribution in [0.25, 0.3) is 56.0 Å². The van der Waals surface area contributed by atoms with Gasteiger partial charge in [-0.05, 0) is 54.9 Å². The van der Waals surface area contributed by atoms with Gasteiger partial charge in [-0.15, -0.1) is 0 Å². The summed E-state index contributed by atoms with van der Waals surface area (Å²) in [6, 6.07) is 42.7. The van der Waals surface area contributed by atoms with Crippen molar-refractivity contribution in [3.8, 4) is 22.3 Å². The lowest BCUT2D eigenvalue weighted by Gasteiger charge is -2.19. The maximum atomic E-state index is 4.13. The number of fused-ring (bicyclic) bond motifs is 2. The molecule has 5 aromatic carbocycles. The van der Waals surface area contributed by atoms with Crippen molar-refractivity contribution in [1.82, 2.24) is 0 Å². The molecule has 5 aromatic rings. The molecule has 0 N–H and O–H groups in total. The van der Waals surface area contributed by atoms with Gasteiger partial charge in [0.05, 0.1) is 0 Å². The maximum absolute atomic E-state index is 4.13. The summed E-state index contributed by atoms with van der Waals surface area (Å²) in [4.78, 5) is 0. The van der Waals surface area contributed by atoms with Crippen LogP contribution >= 0.6 is 0 Å². The Balaban J connectivity index is 1.98. The summed E-state index contributed by atoms with van der Waals surface area (Å²) < 4.78 is 0. The molecule has 0 aliphatic rings. The molecule has 0 bridgehead atoms. The topological polar surface area (TPSA) is 0 Å². The van der Waals surface area contributed by atoms with Crippen molar-refractivity contribution < 1.29 is 0 Å². The zero-order valence-electron chi connectivity index (χ0n) is 19.1. The summed E-state index contributed by atoms with van der Waals surface area (Å²) in [5, 5.41) is 4.92. The molecule has 5 rings (SSSR count). The summed E-state index contributed by atoms with van der Waals surface area (Å²) >= 11 is 0. The van der Waals surface area contributed by atoms with E-state index < -0.39 is 0 Å². The molecule has 0 heteroatoms. The second-order valence-corrected chi connectivity index (χ2v) is 8.19. The van der Waals surface area contributed by atoms with Gasteiger partial charge in [-0.3, -0.25) is 0 Å². The van der Waals surface area contributed by atoms with Gasteiger partial charge in [-0.1, -0.05) is 147 Å². The maximum Gasteiger partial charge on any atom is -0.00201 e. The van der Waals surface area contributed by atoms with Crippen LogP contribution in [-0.2, 0) is 0 Å². The quantitative estimate of drug-likeness (QED) is 0.247. The van der Waals surface area contributed by atoms with E-state index >= 15 is 0 Å². The van der Waals surface area contributed by atoms with E-state index in [2.05, 4.69) is 116 Å². The lowest BCUT2D eigenvalue weighted by molar-refractivity contribution is 1.60. The summed E-state index contributed by atoms with van der Waals surface area (Å²) in [6.07, 6.45) is 3.85. The molecule has 0 aliphatic carbocycles. The van der Waals surface area contributed by atoms with E-state index in [0.29, 0.717) is 0 Å².